The molecule has 2 N–H and O–H groups in total. The van der Waals surface area contributed by atoms with Gasteiger partial charge in [-0.2, -0.15) is 0 Å². The van der Waals surface area contributed by atoms with Crippen molar-refractivity contribution >= 4 is 22.9 Å². The minimum absolute atomic E-state index is 0.0384. The topological polar surface area (TPSA) is 86.8 Å². The number of piperidine rings is 1. The molecule has 1 aliphatic heterocycles. The van der Waals surface area contributed by atoms with Crippen LogP contribution in [0.3, 0.4) is 0 Å². The van der Waals surface area contributed by atoms with Gasteiger partial charge in [-0.25, -0.2) is 15.0 Å². The zero-order valence-electron chi connectivity index (χ0n) is 12.4. The van der Waals surface area contributed by atoms with Crippen molar-refractivity contribution in [1.82, 2.24) is 24.8 Å². The van der Waals surface area contributed by atoms with Crippen LogP contribution in [0.15, 0.2) is 0 Å². The Labute approximate surface area is 123 Å². The highest BCUT2D eigenvalue weighted by atomic mass is 16.2. The standard InChI is InChI=1S/C14H20N6O/c1-9-15-12-13(16-9)17-10(2)18-14(12)19-11(21)8-20-6-4-3-5-7-20/h3-8H2,1-2H3,(H2,15,16,17,18,19,21). The van der Waals surface area contributed by atoms with E-state index in [9.17, 15) is 4.79 Å². The molecule has 0 atom stereocenters. The number of nitrogens with zero attached hydrogens (tertiary/aromatic N) is 4. The lowest BCUT2D eigenvalue weighted by Gasteiger charge is -2.25. The molecule has 1 fully saturated rings. The fraction of sp³-hybridized carbons (Fsp3) is 0.571. The molecule has 7 nitrogen and oxygen atoms in total. The van der Waals surface area contributed by atoms with E-state index in [1.807, 2.05) is 6.92 Å². The maximum absolute atomic E-state index is 12.2. The van der Waals surface area contributed by atoms with E-state index in [0.29, 0.717) is 29.4 Å². The SMILES string of the molecule is Cc1nc(NC(=O)CN2CCCCC2)c2[nH]c(C)nc2n1. The third-order valence-corrected chi connectivity index (χ3v) is 3.65. The first-order chi connectivity index (χ1) is 10.1. The summed E-state index contributed by atoms with van der Waals surface area (Å²) in [6, 6.07) is 0. The van der Waals surface area contributed by atoms with Crippen molar-refractivity contribution in [2.75, 3.05) is 25.0 Å². The van der Waals surface area contributed by atoms with E-state index in [1.54, 1.807) is 6.92 Å². The lowest BCUT2D eigenvalue weighted by molar-refractivity contribution is -0.117. The Bertz CT molecular complexity index is 659. The quantitative estimate of drug-likeness (QED) is 0.891. The number of likely N-dealkylation sites (tertiary alicyclic amines) is 1. The molecular formula is C14H20N6O. The summed E-state index contributed by atoms with van der Waals surface area (Å²) in [6.45, 7) is 6.06. The van der Waals surface area contributed by atoms with Gasteiger partial charge < -0.3 is 10.3 Å². The molecule has 112 valence electrons. The maximum atomic E-state index is 12.2. The summed E-state index contributed by atoms with van der Waals surface area (Å²) in [5.74, 6) is 1.84. The van der Waals surface area contributed by atoms with Crippen molar-refractivity contribution in [3.63, 3.8) is 0 Å². The summed E-state index contributed by atoms with van der Waals surface area (Å²) >= 11 is 0. The molecule has 2 aromatic heterocycles. The molecular weight excluding hydrogens is 268 g/mol. The lowest BCUT2D eigenvalue weighted by atomic mass is 10.1. The first kappa shape index (κ1) is 13.9. The molecule has 0 aliphatic carbocycles. The molecule has 0 unspecified atom stereocenters. The Kier molecular flexibility index (Phi) is 3.83. The van der Waals surface area contributed by atoms with Crippen LogP contribution in [0.2, 0.25) is 0 Å². The van der Waals surface area contributed by atoms with Crippen molar-refractivity contribution < 1.29 is 4.79 Å². The fourth-order valence-electron chi connectivity index (χ4n) is 2.70. The number of aryl methyl sites for hydroxylation is 2. The van der Waals surface area contributed by atoms with Gasteiger partial charge in [0.2, 0.25) is 5.91 Å². The normalized spacial score (nSPS) is 16.3. The Morgan fingerprint density at radius 3 is 2.71 bits per heavy atom. The third-order valence-electron chi connectivity index (χ3n) is 3.65. The van der Waals surface area contributed by atoms with Gasteiger partial charge in [0.1, 0.15) is 17.2 Å². The van der Waals surface area contributed by atoms with Crippen LogP contribution in [0, 0.1) is 13.8 Å². The van der Waals surface area contributed by atoms with Crippen molar-refractivity contribution in [1.29, 1.82) is 0 Å². The van der Waals surface area contributed by atoms with Gasteiger partial charge in [0, 0.05) is 0 Å². The van der Waals surface area contributed by atoms with Crippen molar-refractivity contribution in [3.05, 3.63) is 11.6 Å². The van der Waals surface area contributed by atoms with Crippen LogP contribution in [0.25, 0.3) is 11.2 Å². The molecule has 0 spiro atoms. The zero-order chi connectivity index (χ0) is 14.8. The number of H-pyrrole nitrogens is 1. The summed E-state index contributed by atoms with van der Waals surface area (Å²) in [7, 11) is 0. The zero-order valence-corrected chi connectivity index (χ0v) is 12.4. The maximum Gasteiger partial charge on any atom is 0.239 e. The van der Waals surface area contributed by atoms with Crippen LogP contribution in [0.4, 0.5) is 5.82 Å². The highest BCUT2D eigenvalue weighted by molar-refractivity contribution is 5.97. The number of nitrogens with one attached hydrogen (secondary N) is 2. The lowest BCUT2D eigenvalue weighted by Crippen LogP contribution is -2.37. The van der Waals surface area contributed by atoms with Gasteiger partial charge in [0.15, 0.2) is 11.5 Å². The van der Waals surface area contributed by atoms with E-state index in [-0.39, 0.29) is 5.91 Å². The predicted octanol–water partition coefficient (Wildman–Crippen LogP) is 1.39. The van der Waals surface area contributed by atoms with E-state index in [2.05, 4.69) is 30.2 Å². The minimum atomic E-state index is -0.0384. The van der Waals surface area contributed by atoms with Crippen LogP contribution in [0.5, 0.6) is 0 Å². The highest BCUT2D eigenvalue weighted by Gasteiger charge is 2.16. The Morgan fingerprint density at radius 1 is 1.19 bits per heavy atom. The molecule has 3 heterocycles. The molecule has 0 radical (unpaired) electrons. The second-order valence-corrected chi connectivity index (χ2v) is 5.53. The number of aromatic amines is 1. The molecule has 0 bridgehead atoms. The molecule has 21 heavy (non-hydrogen) atoms. The number of fused-ring (bicyclic) bond motifs is 1. The van der Waals surface area contributed by atoms with Crippen LogP contribution >= 0.6 is 0 Å². The summed E-state index contributed by atoms with van der Waals surface area (Å²) in [5, 5.41) is 2.88. The molecule has 7 heteroatoms. The molecule has 0 saturated carbocycles. The molecule has 1 amide bonds. The average Bonchev–Trinajstić information content (AvgIpc) is 2.80. The number of hydrogen-bond donors (Lipinski definition) is 2. The Balaban J connectivity index is 1.75. The van der Waals surface area contributed by atoms with Gasteiger partial charge >= 0.3 is 0 Å². The van der Waals surface area contributed by atoms with Crippen molar-refractivity contribution in [2.24, 2.45) is 0 Å². The smallest absolute Gasteiger partial charge is 0.239 e. The molecule has 2 aromatic rings. The molecule has 0 aromatic carbocycles. The second kappa shape index (κ2) is 5.77. The number of anilines is 1. The summed E-state index contributed by atoms with van der Waals surface area (Å²) in [4.78, 5) is 30.3. The van der Waals surface area contributed by atoms with E-state index in [1.165, 1.54) is 19.3 Å². The van der Waals surface area contributed by atoms with Gasteiger partial charge in [0.25, 0.3) is 0 Å². The van der Waals surface area contributed by atoms with E-state index in [4.69, 9.17) is 0 Å². The first-order valence-corrected chi connectivity index (χ1v) is 7.35. The monoisotopic (exact) mass is 288 g/mol. The van der Waals surface area contributed by atoms with Crippen LogP contribution < -0.4 is 5.32 Å². The molecule has 3 rings (SSSR count). The number of aromatic nitrogens is 4. The number of rotatable bonds is 3. The molecule has 1 aliphatic rings. The fourth-order valence-corrected chi connectivity index (χ4v) is 2.70. The van der Waals surface area contributed by atoms with Gasteiger partial charge in [-0.05, 0) is 39.8 Å². The van der Waals surface area contributed by atoms with Crippen molar-refractivity contribution in [2.45, 2.75) is 33.1 Å². The van der Waals surface area contributed by atoms with E-state index in [0.717, 1.165) is 18.9 Å². The average molecular weight is 288 g/mol. The number of carbonyl (C=O) groups is 1. The van der Waals surface area contributed by atoms with Crippen LogP contribution in [-0.4, -0.2) is 50.4 Å². The minimum Gasteiger partial charge on any atom is -0.338 e. The summed E-state index contributed by atoms with van der Waals surface area (Å²) in [6.07, 6.45) is 3.60. The number of amides is 1. The van der Waals surface area contributed by atoms with Crippen LogP contribution in [-0.2, 0) is 4.79 Å². The van der Waals surface area contributed by atoms with Gasteiger partial charge in [-0.15, -0.1) is 0 Å². The van der Waals surface area contributed by atoms with E-state index < -0.39 is 0 Å². The highest BCUT2D eigenvalue weighted by Crippen LogP contribution is 2.18. The van der Waals surface area contributed by atoms with Gasteiger partial charge in [-0.1, -0.05) is 6.42 Å². The summed E-state index contributed by atoms with van der Waals surface area (Å²) < 4.78 is 0. The Morgan fingerprint density at radius 2 is 1.95 bits per heavy atom. The Hall–Kier alpha value is -2.02. The van der Waals surface area contributed by atoms with Gasteiger partial charge in [-0.3, -0.25) is 9.69 Å². The third kappa shape index (κ3) is 3.18. The summed E-state index contributed by atoms with van der Waals surface area (Å²) in [5.41, 5.74) is 1.28. The van der Waals surface area contributed by atoms with Gasteiger partial charge in [0.05, 0.1) is 6.54 Å². The van der Waals surface area contributed by atoms with Crippen LogP contribution in [0.1, 0.15) is 30.9 Å². The number of hydrogen-bond acceptors (Lipinski definition) is 5. The first-order valence-electron chi connectivity index (χ1n) is 7.35. The predicted molar refractivity (Wildman–Crippen MR) is 80.1 cm³/mol. The van der Waals surface area contributed by atoms with Crippen molar-refractivity contribution in [3.8, 4) is 0 Å². The second-order valence-electron chi connectivity index (χ2n) is 5.53. The number of carbonyl (C=O) groups excluding carboxylic acids is 1. The molecule has 1 saturated heterocycles. The van der Waals surface area contributed by atoms with E-state index >= 15 is 0 Å². The largest absolute Gasteiger partial charge is 0.338 e. The number of imidazole rings is 1.